The van der Waals surface area contributed by atoms with Gasteiger partial charge in [0.15, 0.2) is 0 Å². The van der Waals surface area contributed by atoms with Crippen molar-refractivity contribution in [3.63, 3.8) is 0 Å². The molecule has 1 aromatic rings. The lowest BCUT2D eigenvalue weighted by atomic mass is 10.2. The first-order valence-electron chi connectivity index (χ1n) is 6.47. The van der Waals surface area contributed by atoms with Crippen LogP contribution in [0.1, 0.15) is 12.8 Å². The van der Waals surface area contributed by atoms with E-state index in [1.165, 1.54) is 0 Å². The summed E-state index contributed by atoms with van der Waals surface area (Å²) in [7, 11) is 1.69. The van der Waals surface area contributed by atoms with Crippen LogP contribution in [0.15, 0.2) is 30.3 Å². The van der Waals surface area contributed by atoms with E-state index in [0.717, 1.165) is 5.69 Å². The number of anilines is 1. The Morgan fingerprint density at radius 2 is 1.70 bits per heavy atom. The van der Waals surface area contributed by atoms with Crippen molar-refractivity contribution >= 4 is 11.6 Å². The average Bonchev–Trinajstić information content (AvgIpc) is 2.49. The molecule has 1 rings (SSSR count). The maximum atomic E-state index is 12.1. The molecule has 0 unspecified atom stereocenters. The standard InChI is InChI=1S/C15H18N4O/c1-18(11-5-9-16)15(20)13-19(12-6-10-17)14-7-3-2-4-8-14/h2-4,7-8H,5-6,11-13H2,1H3. The number of benzene rings is 1. The third-order valence-corrected chi connectivity index (χ3v) is 2.93. The second-order valence-electron chi connectivity index (χ2n) is 4.39. The molecule has 0 aliphatic carbocycles. The van der Waals surface area contributed by atoms with E-state index in [-0.39, 0.29) is 12.5 Å². The molecule has 0 spiro atoms. The molecule has 0 aliphatic rings. The van der Waals surface area contributed by atoms with Gasteiger partial charge in [-0.15, -0.1) is 0 Å². The maximum Gasteiger partial charge on any atom is 0.241 e. The summed E-state index contributed by atoms with van der Waals surface area (Å²) in [4.78, 5) is 15.5. The molecule has 0 aromatic heterocycles. The Kier molecular flexibility index (Phi) is 6.64. The van der Waals surface area contributed by atoms with Crippen LogP contribution in [-0.2, 0) is 4.79 Å². The average molecular weight is 270 g/mol. The number of nitriles is 2. The van der Waals surface area contributed by atoms with E-state index < -0.39 is 0 Å². The summed E-state index contributed by atoms with van der Waals surface area (Å²) in [6.07, 6.45) is 0.690. The first-order valence-corrected chi connectivity index (χ1v) is 6.47. The Morgan fingerprint density at radius 1 is 1.10 bits per heavy atom. The Balaban J connectivity index is 2.68. The highest BCUT2D eigenvalue weighted by Crippen LogP contribution is 2.13. The number of nitrogens with zero attached hydrogens (tertiary/aromatic N) is 4. The Hall–Kier alpha value is -2.53. The molecule has 0 bridgehead atoms. The third kappa shape index (κ3) is 4.99. The van der Waals surface area contributed by atoms with Crippen LogP contribution in [0.5, 0.6) is 0 Å². The third-order valence-electron chi connectivity index (χ3n) is 2.93. The van der Waals surface area contributed by atoms with E-state index >= 15 is 0 Å². The van der Waals surface area contributed by atoms with E-state index in [1.54, 1.807) is 11.9 Å². The number of para-hydroxylation sites is 1. The van der Waals surface area contributed by atoms with E-state index in [1.807, 2.05) is 41.3 Å². The minimum atomic E-state index is -0.0537. The van der Waals surface area contributed by atoms with Gasteiger partial charge in [-0.05, 0) is 12.1 Å². The number of amides is 1. The first-order chi connectivity index (χ1) is 9.69. The second-order valence-corrected chi connectivity index (χ2v) is 4.39. The molecule has 0 N–H and O–H groups in total. The van der Waals surface area contributed by atoms with Gasteiger partial charge in [-0.2, -0.15) is 10.5 Å². The molecule has 1 aromatic carbocycles. The zero-order valence-electron chi connectivity index (χ0n) is 11.6. The van der Waals surface area contributed by atoms with Crippen LogP contribution in [0.25, 0.3) is 0 Å². The summed E-state index contributed by atoms with van der Waals surface area (Å²) < 4.78 is 0. The van der Waals surface area contributed by atoms with Crippen molar-refractivity contribution < 1.29 is 4.79 Å². The Morgan fingerprint density at radius 3 is 2.30 bits per heavy atom. The SMILES string of the molecule is CN(CCC#N)C(=O)CN(CCC#N)c1ccccc1. The van der Waals surface area contributed by atoms with Gasteiger partial charge in [0.1, 0.15) is 0 Å². The van der Waals surface area contributed by atoms with Crippen LogP contribution in [0.3, 0.4) is 0 Å². The molecule has 104 valence electrons. The quantitative estimate of drug-likeness (QED) is 0.757. The normalized spacial score (nSPS) is 9.35. The van der Waals surface area contributed by atoms with Gasteiger partial charge in [0.05, 0.1) is 31.5 Å². The number of hydrogen-bond donors (Lipinski definition) is 0. The Labute approximate surface area is 119 Å². The molecule has 20 heavy (non-hydrogen) atoms. The number of likely N-dealkylation sites (N-methyl/N-ethyl adjacent to an activating group) is 1. The second kappa shape index (κ2) is 8.55. The molecule has 0 atom stereocenters. The Bertz CT molecular complexity index is 501. The number of carbonyl (C=O) groups is 1. The topological polar surface area (TPSA) is 71.1 Å². The minimum Gasteiger partial charge on any atom is -0.361 e. The van der Waals surface area contributed by atoms with Crippen molar-refractivity contribution in [2.24, 2.45) is 0 Å². The molecule has 0 saturated heterocycles. The summed E-state index contributed by atoms with van der Waals surface area (Å²) in [5.74, 6) is -0.0537. The van der Waals surface area contributed by atoms with Crippen LogP contribution in [-0.4, -0.2) is 37.5 Å². The monoisotopic (exact) mass is 270 g/mol. The van der Waals surface area contributed by atoms with Crippen LogP contribution >= 0.6 is 0 Å². The van der Waals surface area contributed by atoms with Crippen molar-refractivity contribution in [3.8, 4) is 12.1 Å². The molecular formula is C15H18N4O. The summed E-state index contributed by atoms with van der Waals surface area (Å²) in [6.45, 7) is 1.15. The van der Waals surface area contributed by atoms with Gasteiger partial charge in [0.2, 0.25) is 5.91 Å². The lowest BCUT2D eigenvalue weighted by Crippen LogP contribution is -2.39. The molecule has 1 amide bonds. The molecule has 5 heteroatoms. The highest BCUT2D eigenvalue weighted by molar-refractivity contribution is 5.81. The van der Waals surface area contributed by atoms with Gasteiger partial charge < -0.3 is 9.80 Å². The smallest absolute Gasteiger partial charge is 0.241 e. The van der Waals surface area contributed by atoms with Crippen molar-refractivity contribution in [3.05, 3.63) is 30.3 Å². The van der Waals surface area contributed by atoms with Crippen LogP contribution in [0.2, 0.25) is 0 Å². The van der Waals surface area contributed by atoms with Gasteiger partial charge in [0.25, 0.3) is 0 Å². The summed E-state index contributed by atoms with van der Waals surface area (Å²) in [6, 6.07) is 13.7. The summed E-state index contributed by atoms with van der Waals surface area (Å²) >= 11 is 0. The summed E-state index contributed by atoms with van der Waals surface area (Å²) in [5, 5.41) is 17.3. The largest absolute Gasteiger partial charge is 0.361 e. The number of rotatable bonds is 7. The van der Waals surface area contributed by atoms with Crippen molar-refractivity contribution in [1.29, 1.82) is 10.5 Å². The van der Waals surface area contributed by atoms with E-state index in [9.17, 15) is 4.79 Å². The fourth-order valence-corrected chi connectivity index (χ4v) is 1.75. The minimum absolute atomic E-state index is 0.0537. The van der Waals surface area contributed by atoms with Crippen LogP contribution in [0.4, 0.5) is 5.69 Å². The summed E-state index contributed by atoms with van der Waals surface area (Å²) in [5.41, 5.74) is 0.921. The van der Waals surface area contributed by atoms with Crippen molar-refractivity contribution in [2.45, 2.75) is 12.8 Å². The van der Waals surface area contributed by atoms with Crippen LogP contribution < -0.4 is 4.90 Å². The molecule has 0 radical (unpaired) electrons. The maximum absolute atomic E-state index is 12.1. The fraction of sp³-hybridized carbons (Fsp3) is 0.400. The van der Waals surface area contributed by atoms with Crippen LogP contribution in [0, 0.1) is 22.7 Å². The fourth-order valence-electron chi connectivity index (χ4n) is 1.75. The molecule has 0 heterocycles. The highest BCUT2D eigenvalue weighted by atomic mass is 16.2. The van der Waals surface area contributed by atoms with Gasteiger partial charge in [-0.1, -0.05) is 18.2 Å². The number of hydrogen-bond acceptors (Lipinski definition) is 4. The lowest BCUT2D eigenvalue weighted by Gasteiger charge is -2.26. The van der Waals surface area contributed by atoms with E-state index in [2.05, 4.69) is 6.07 Å². The zero-order chi connectivity index (χ0) is 14.8. The lowest BCUT2D eigenvalue weighted by molar-refractivity contribution is -0.128. The van der Waals surface area contributed by atoms with E-state index in [4.69, 9.17) is 10.5 Å². The highest BCUT2D eigenvalue weighted by Gasteiger charge is 2.14. The zero-order valence-corrected chi connectivity index (χ0v) is 11.6. The van der Waals surface area contributed by atoms with Gasteiger partial charge in [0, 0.05) is 25.8 Å². The van der Waals surface area contributed by atoms with Gasteiger partial charge in [-0.25, -0.2) is 0 Å². The molecule has 0 saturated carbocycles. The molecule has 5 nitrogen and oxygen atoms in total. The predicted octanol–water partition coefficient (Wildman–Crippen LogP) is 1.78. The van der Waals surface area contributed by atoms with Gasteiger partial charge in [-0.3, -0.25) is 4.79 Å². The molecular weight excluding hydrogens is 252 g/mol. The number of carbonyl (C=O) groups excluding carboxylic acids is 1. The van der Waals surface area contributed by atoms with Gasteiger partial charge >= 0.3 is 0 Å². The first kappa shape index (κ1) is 15.5. The molecule has 0 fully saturated rings. The van der Waals surface area contributed by atoms with E-state index in [0.29, 0.717) is 25.9 Å². The van der Waals surface area contributed by atoms with Crippen molar-refractivity contribution in [2.75, 3.05) is 31.6 Å². The molecule has 0 aliphatic heterocycles. The van der Waals surface area contributed by atoms with Crippen molar-refractivity contribution in [1.82, 2.24) is 4.90 Å². The predicted molar refractivity (Wildman–Crippen MR) is 76.8 cm³/mol.